The van der Waals surface area contributed by atoms with Gasteiger partial charge in [0.2, 0.25) is 10.0 Å². The lowest BCUT2D eigenvalue weighted by Crippen LogP contribution is -2.48. The van der Waals surface area contributed by atoms with Gasteiger partial charge in [-0.05, 0) is 43.9 Å². The van der Waals surface area contributed by atoms with E-state index in [0.29, 0.717) is 10.6 Å². The van der Waals surface area contributed by atoms with Gasteiger partial charge in [-0.25, -0.2) is 31.4 Å². The zero-order valence-corrected chi connectivity index (χ0v) is 26.1. The number of sulfonamides is 1. The van der Waals surface area contributed by atoms with E-state index in [-0.39, 0.29) is 61.8 Å². The van der Waals surface area contributed by atoms with Crippen molar-refractivity contribution in [1.82, 2.24) is 19.5 Å². The fourth-order valence-electron chi connectivity index (χ4n) is 6.61. The van der Waals surface area contributed by atoms with Crippen LogP contribution >= 0.6 is 11.3 Å². The summed E-state index contributed by atoms with van der Waals surface area (Å²) in [7, 11) is -3.99. The van der Waals surface area contributed by atoms with Crippen molar-refractivity contribution < 1.29 is 41.0 Å². The van der Waals surface area contributed by atoms with E-state index in [4.69, 9.17) is 9.73 Å². The van der Waals surface area contributed by atoms with E-state index in [1.165, 1.54) is 28.4 Å². The van der Waals surface area contributed by atoms with Crippen LogP contribution in [-0.2, 0) is 24.3 Å². The second-order valence-corrected chi connectivity index (χ2v) is 14.8. The van der Waals surface area contributed by atoms with Crippen LogP contribution in [0.2, 0.25) is 0 Å². The van der Waals surface area contributed by atoms with Crippen LogP contribution in [0.1, 0.15) is 41.9 Å². The monoisotopic (exact) mass is 667 g/mol. The predicted molar refractivity (Wildman–Crippen MR) is 158 cm³/mol. The quantitative estimate of drug-likeness (QED) is 0.386. The number of carbonyl (C=O) groups excluding carboxylic acids is 1. The molecule has 4 aliphatic rings. The predicted octanol–water partition coefficient (Wildman–Crippen LogP) is 2.94. The molecule has 1 aromatic heterocycles. The van der Waals surface area contributed by atoms with Crippen molar-refractivity contribution in [3.05, 3.63) is 63.0 Å². The maximum atomic E-state index is 15.5. The first-order valence-corrected chi connectivity index (χ1v) is 16.9. The SMILES string of the molecule is CCOC(=O)C1=C(CN2CC(F)(F)[C@@H]3CN(S(=O)(=O)C4CC(C(=O)O)C4)C[C@@H]32)NC(c2nccs2)=N[C@H]1c1cccc(F)c1C. The second-order valence-electron chi connectivity index (χ2n) is 11.7. The second kappa shape index (κ2) is 11.8. The van der Waals surface area contributed by atoms with E-state index in [1.807, 2.05) is 0 Å². The van der Waals surface area contributed by atoms with Gasteiger partial charge in [-0.1, -0.05) is 12.1 Å². The third-order valence-corrected chi connectivity index (χ3v) is 12.2. The molecular formula is C29H32F3N5O6S2. The summed E-state index contributed by atoms with van der Waals surface area (Å²) < 4.78 is 78.8. The van der Waals surface area contributed by atoms with Crippen LogP contribution in [0.25, 0.3) is 0 Å². The number of hydrogen-bond donors (Lipinski definition) is 2. The highest BCUT2D eigenvalue weighted by molar-refractivity contribution is 7.89. The number of hydrogen-bond acceptors (Lipinski definition) is 10. The lowest BCUT2D eigenvalue weighted by Gasteiger charge is -2.35. The number of thiazole rings is 1. The Labute approximate surface area is 261 Å². The average molecular weight is 668 g/mol. The van der Waals surface area contributed by atoms with Gasteiger partial charge in [-0.2, -0.15) is 4.31 Å². The summed E-state index contributed by atoms with van der Waals surface area (Å²) in [4.78, 5) is 35.2. The van der Waals surface area contributed by atoms with Crippen LogP contribution in [0, 0.1) is 24.6 Å². The number of amidine groups is 1. The van der Waals surface area contributed by atoms with Crippen molar-refractivity contribution in [2.24, 2.45) is 16.8 Å². The van der Waals surface area contributed by atoms with E-state index >= 15 is 8.78 Å². The van der Waals surface area contributed by atoms with Crippen LogP contribution < -0.4 is 5.32 Å². The van der Waals surface area contributed by atoms with E-state index in [1.54, 1.807) is 31.5 Å². The van der Waals surface area contributed by atoms with Crippen LogP contribution in [0.4, 0.5) is 13.2 Å². The molecule has 242 valence electrons. The number of carboxylic acid groups (broad SMARTS) is 1. The molecule has 1 aromatic carbocycles. The summed E-state index contributed by atoms with van der Waals surface area (Å²) in [5.74, 6) is -7.34. The number of carbonyl (C=O) groups is 2. The molecule has 3 atom stereocenters. The van der Waals surface area contributed by atoms with Crippen molar-refractivity contribution in [1.29, 1.82) is 0 Å². The molecule has 3 aliphatic heterocycles. The zero-order chi connectivity index (χ0) is 32.3. The molecule has 0 unspecified atom stereocenters. The number of nitrogens with zero attached hydrogens (tertiary/aromatic N) is 4. The number of rotatable bonds is 9. The first kappa shape index (κ1) is 31.6. The van der Waals surface area contributed by atoms with Crippen molar-refractivity contribution in [3.63, 3.8) is 0 Å². The minimum Gasteiger partial charge on any atom is -0.481 e. The molecule has 2 N–H and O–H groups in total. The molecule has 0 bridgehead atoms. The Hall–Kier alpha value is -3.34. The zero-order valence-electron chi connectivity index (χ0n) is 24.5. The summed E-state index contributed by atoms with van der Waals surface area (Å²) >= 11 is 1.27. The molecule has 0 spiro atoms. The number of benzene rings is 1. The van der Waals surface area contributed by atoms with Gasteiger partial charge in [0.05, 0.1) is 35.8 Å². The van der Waals surface area contributed by atoms with E-state index < -0.39 is 69.4 Å². The maximum absolute atomic E-state index is 15.5. The van der Waals surface area contributed by atoms with E-state index in [9.17, 15) is 27.5 Å². The Morgan fingerprint density at radius 1 is 1.24 bits per heavy atom. The largest absolute Gasteiger partial charge is 0.481 e. The van der Waals surface area contributed by atoms with E-state index in [0.717, 1.165) is 4.31 Å². The Morgan fingerprint density at radius 2 is 2.00 bits per heavy atom. The normalized spacial score (nSPS) is 28.3. The Bertz CT molecular complexity index is 1680. The summed E-state index contributed by atoms with van der Waals surface area (Å²) in [6.07, 6.45) is 1.46. The molecule has 45 heavy (non-hydrogen) atoms. The van der Waals surface area contributed by atoms with Gasteiger partial charge in [-0.3, -0.25) is 14.7 Å². The highest BCUT2D eigenvalue weighted by atomic mass is 32.2. The number of carboxylic acids is 1. The van der Waals surface area contributed by atoms with Crippen LogP contribution in [0.5, 0.6) is 0 Å². The Morgan fingerprint density at radius 3 is 2.67 bits per heavy atom. The highest BCUT2D eigenvalue weighted by Crippen LogP contribution is 2.46. The van der Waals surface area contributed by atoms with Gasteiger partial charge >= 0.3 is 11.9 Å². The lowest BCUT2D eigenvalue weighted by molar-refractivity contribution is -0.144. The summed E-state index contributed by atoms with van der Waals surface area (Å²) in [5, 5.41) is 13.6. The third kappa shape index (κ3) is 5.66. The molecule has 4 heterocycles. The molecule has 2 aromatic rings. The van der Waals surface area contributed by atoms with Crippen molar-refractivity contribution >= 4 is 39.1 Å². The fourth-order valence-corrected chi connectivity index (χ4v) is 9.30. The van der Waals surface area contributed by atoms with E-state index in [2.05, 4.69) is 10.3 Å². The van der Waals surface area contributed by atoms with Gasteiger partial charge in [-0.15, -0.1) is 11.3 Å². The van der Waals surface area contributed by atoms with Crippen molar-refractivity contribution in [2.75, 3.05) is 32.8 Å². The number of halogens is 3. The minimum absolute atomic E-state index is 0.0245. The molecule has 3 fully saturated rings. The summed E-state index contributed by atoms with van der Waals surface area (Å²) in [6.45, 7) is 1.76. The third-order valence-electron chi connectivity index (χ3n) is 9.13. The number of fused-ring (bicyclic) bond motifs is 1. The molecule has 16 heteroatoms. The number of alkyl halides is 2. The molecule has 0 amide bonds. The molecule has 0 radical (unpaired) electrons. The lowest BCUT2D eigenvalue weighted by atomic mass is 9.85. The van der Waals surface area contributed by atoms with Gasteiger partial charge in [0.25, 0.3) is 5.92 Å². The van der Waals surface area contributed by atoms with Gasteiger partial charge in [0.1, 0.15) is 11.9 Å². The van der Waals surface area contributed by atoms with Crippen LogP contribution in [0.3, 0.4) is 0 Å². The average Bonchev–Trinajstić information content (AvgIpc) is 3.68. The molecule has 6 rings (SSSR count). The number of aliphatic imine (C=N–C) groups is 1. The summed E-state index contributed by atoms with van der Waals surface area (Å²) in [5.41, 5.74) is 0.921. The topological polar surface area (TPSA) is 142 Å². The number of ether oxygens (including phenoxy) is 1. The Balaban J connectivity index is 1.35. The Kier molecular flexibility index (Phi) is 8.29. The van der Waals surface area contributed by atoms with Crippen LogP contribution in [0.15, 0.2) is 46.0 Å². The molecular weight excluding hydrogens is 635 g/mol. The number of aliphatic carboxylic acids is 1. The number of esters is 1. The summed E-state index contributed by atoms with van der Waals surface area (Å²) in [6, 6.07) is 2.52. The van der Waals surface area contributed by atoms with Crippen molar-refractivity contribution in [2.45, 2.75) is 49.9 Å². The van der Waals surface area contributed by atoms with Crippen molar-refractivity contribution in [3.8, 4) is 0 Å². The standard InChI is InChI=1S/C29H32F3N5O6S2/c1-3-43-28(40)23-21(34-25(26-33-7-8-44-26)35-24(23)18-5-4-6-20(30)15(18)2)12-36-14-29(31,32)19-11-37(13-22(19)36)45(41,42)17-9-16(10-17)27(38)39/h4-8,16-17,19,22,24H,3,9-14H2,1-2H3,(H,34,35)(H,38,39)/t16?,17?,19-,22+,24+/m1/s1. The smallest absolute Gasteiger partial charge is 0.338 e. The van der Waals surface area contributed by atoms with Gasteiger partial charge in [0, 0.05) is 43.0 Å². The van der Waals surface area contributed by atoms with Gasteiger partial charge < -0.3 is 15.2 Å². The molecule has 1 aliphatic carbocycles. The fraction of sp³-hybridized carbons (Fsp3) is 0.517. The number of nitrogens with one attached hydrogen (secondary N) is 1. The molecule has 1 saturated carbocycles. The maximum Gasteiger partial charge on any atom is 0.338 e. The number of likely N-dealkylation sites (tertiary alicyclic amines) is 1. The highest BCUT2D eigenvalue weighted by Gasteiger charge is 2.61. The van der Waals surface area contributed by atoms with Crippen LogP contribution in [-0.4, -0.2) is 95.5 Å². The molecule has 2 saturated heterocycles. The molecule has 11 nitrogen and oxygen atoms in total. The minimum atomic E-state index is -3.99. The van der Waals surface area contributed by atoms with Gasteiger partial charge in [0.15, 0.2) is 10.8 Å². The first-order chi connectivity index (χ1) is 21.3. The first-order valence-electron chi connectivity index (χ1n) is 14.5. The number of aromatic nitrogens is 1.